The third-order valence-corrected chi connectivity index (χ3v) is 4.23. The summed E-state index contributed by atoms with van der Waals surface area (Å²) in [7, 11) is 4.62. The molecule has 0 saturated heterocycles. The number of carbonyl (C=O) groups excluding carboxylic acids is 1. The van der Waals surface area contributed by atoms with E-state index in [1.54, 1.807) is 19.2 Å². The highest BCUT2D eigenvalue weighted by Crippen LogP contribution is 2.32. The van der Waals surface area contributed by atoms with Crippen LogP contribution in [-0.4, -0.2) is 40.1 Å². The predicted octanol–water partition coefficient (Wildman–Crippen LogP) is 3.54. The van der Waals surface area contributed by atoms with Crippen molar-refractivity contribution in [3.05, 3.63) is 47.5 Å². The van der Waals surface area contributed by atoms with Crippen LogP contribution < -0.4 is 24.4 Å². The molecule has 0 spiro atoms. The summed E-state index contributed by atoms with van der Waals surface area (Å²) in [6.07, 6.45) is 1.45. The van der Waals surface area contributed by atoms with Crippen LogP contribution in [0.25, 0.3) is 0 Å². The van der Waals surface area contributed by atoms with Crippen LogP contribution in [0.4, 0.5) is 0 Å². The lowest BCUT2D eigenvalue weighted by Gasteiger charge is -2.19. The summed E-state index contributed by atoms with van der Waals surface area (Å²) in [4.78, 5) is 12.0. The van der Waals surface area contributed by atoms with Gasteiger partial charge in [0.2, 0.25) is 0 Å². The van der Waals surface area contributed by atoms with E-state index < -0.39 is 0 Å². The van der Waals surface area contributed by atoms with Crippen molar-refractivity contribution < 1.29 is 23.7 Å². The zero-order valence-electron chi connectivity index (χ0n) is 17.7. The number of ether oxygens (including phenoxy) is 4. The first kappa shape index (κ1) is 22.1. The lowest BCUT2D eigenvalue weighted by Crippen LogP contribution is -2.24. The first-order chi connectivity index (χ1) is 13.8. The van der Waals surface area contributed by atoms with Crippen LogP contribution in [0.2, 0.25) is 0 Å². The third-order valence-electron chi connectivity index (χ3n) is 4.23. The van der Waals surface area contributed by atoms with Gasteiger partial charge in [0.25, 0.3) is 5.91 Å². The van der Waals surface area contributed by atoms with Crippen molar-refractivity contribution in [1.29, 1.82) is 0 Å². The van der Waals surface area contributed by atoms with Gasteiger partial charge in [-0.1, -0.05) is 32.9 Å². The maximum Gasteiger partial charge on any atom is 0.277 e. The van der Waals surface area contributed by atoms with E-state index in [4.69, 9.17) is 18.9 Å². The van der Waals surface area contributed by atoms with Gasteiger partial charge in [0, 0.05) is 12.1 Å². The monoisotopic (exact) mass is 400 g/mol. The summed E-state index contributed by atoms with van der Waals surface area (Å²) in [6.45, 7) is 6.27. The molecule has 2 aromatic carbocycles. The number of rotatable bonds is 8. The molecule has 0 radical (unpaired) electrons. The minimum Gasteiger partial charge on any atom is -0.496 e. The molecule has 0 fully saturated rings. The van der Waals surface area contributed by atoms with E-state index in [-0.39, 0.29) is 17.9 Å². The van der Waals surface area contributed by atoms with Gasteiger partial charge < -0.3 is 18.9 Å². The third kappa shape index (κ3) is 6.14. The summed E-state index contributed by atoms with van der Waals surface area (Å²) in [6, 6.07) is 11.1. The van der Waals surface area contributed by atoms with Crippen LogP contribution in [0.1, 0.15) is 31.9 Å². The first-order valence-electron chi connectivity index (χ1n) is 9.13. The second-order valence-electron chi connectivity index (χ2n) is 7.30. The Morgan fingerprint density at radius 3 is 2.03 bits per heavy atom. The highest BCUT2D eigenvalue weighted by molar-refractivity contribution is 5.89. The fraction of sp³-hybridized carbons (Fsp3) is 0.364. The van der Waals surface area contributed by atoms with Gasteiger partial charge in [-0.15, -0.1) is 0 Å². The Labute approximate surface area is 171 Å². The van der Waals surface area contributed by atoms with Crippen LogP contribution in [0.15, 0.2) is 41.5 Å². The molecule has 7 heteroatoms. The number of carbonyl (C=O) groups is 1. The predicted molar refractivity (Wildman–Crippen MR) is 112 cm³/mol. The number of hydrogen-bond acceptors (Lipinski definition) is 6. The van der Waals surface area contributed by atoms with Gasteiger partial charge in [0.15, 0.2) is 6.61 Å². The van der Waals surface area contributed by atoms with Crippen LogP contribution in [0.3, 0.4) is 0 Å². The van der Waals surface area contributed by atoms with Crippen molar-refractivity contribution in [1.82, 2.24) is 5.43 Å². The van der Waals surface area contributed by atoms with Gasteiger partial charge >= 0.3 is 0 Å². The number of hydrogen-bond donors (Lipinski definition) is 1. The number of benzene rings is 2. The van der Waals surface area contributed by atoms with E-state index >= 15 is 0 Å². The molecule has 2 aromatic rings. The summed E-state index contributed by atoms with van der Waals surface area (Å²) in [5.74, 6) is 1.85. The van der Waals surface area contributed by atoms with Gasteiger partial charge in [-0.3, -0.25) is 4.79 Å². The summed E-state index contributed by atoms with van der Waals surface area (Å²) < 4.78 is 21.4. The highest BCUT2D eigenvalue weighted by atomic mass is 16.5. The number of nitrogens with zero attached hydrogens (tertiary/aromatic N) is 1. The highest BCUT2D eigenvalue weighted by Gasteiger charge is 2.14. The van der Waals surface area contributed by atoms with Gasteiger partial charge in [0.1, 0.15) is 23.0 Å². The molecule has 0 unspecified atom stereocenters. The van der Waals surface area contributed by atoms with Crippen LogP contribution in [0, 0.1) is 0 Å². The summed E-state index contributed by atoms with van der Waals surface area (Å²) in [5.41, 5.74) is 4.27. The average Bonchev–Trinajstić information content (AvgIpc) is 2.71. The number of hydrazone groups is 1. The fourth-order valence-corrected chi connectivity index (χ4v) is 2.56. The Morgan fingerprint density at radius 2 is 1.55 bits per heavy atom. The Kier molecular flexibility index (Phi) is 7.47. The normalized spacial score (nSPS) is 11.2. The molecule has 0 aromatic heterocycles. The quantitative estimate of drug-likeness (QED) is 0.542. The molecule has 1 N–H and O–H groups in total. The van der Waals surface area contributed by atoms with Crippen molar-refractivity contribution in [3.63, 3.8) is 0 Å². The lowest BCUT2D eigenvalue weighted by molar-refractivity contribution is -0.123. The smallest absolute Gasteiger partial charge is 0.277 e. The second kappa shape index (κ2) is 9.82. The van der Waals surface area contributed by atoms with Gasteiger partial charge in [-0.05, 0) is 23.1 Å². The fourth-order valence-electron chi connectivity index (χ4n) is 2.56. The maximum atomic E-state index is 12.0. The van der Waals surface area contributed by atoms with Gasteiger partial charge in [-0.25, -0.2) is 5.43 Å². The molecule has 0 aliphatic heterocycles. The van der Waals surface area contributed by atoms with E-state index in [1.807, 2.05) is 24.3 Å². The van der Waals surface area contributed by atoms with E-state index in [1.165, 1.54) is 26.0 Å². The molecule has 0 bridgehead atoms. The lowest BCUT2D eigenvalue weighted by atomic mass is 9.87. The van der Waals surface area contributed by atoms with E-state index in [2.05, 4.69) is 31.3 Å². The molecular formula is C22H28N2O5. The molecule has 0 heterocycles. The topological polar surface area (TPSA) is 78.4 Å². The molecule has 2 rings (SSSR count). The number of amides is 1. The second-order valence-corrected chi connectivity index (χ2v) is 7.30. The van der Waals surface area contributed by atoms with Crippen molar-refractivity contribution in [2.75, 3.05) is 27.9 Å². The van der Waals surface area contributed by atoms with Crippen LogP contribution in [-0.2, 0) is 10.2 Å². The average molecular weight is 400 g/mol. The van der Waals surface area contributed by atoms with Crippen molar-refractivity contribution >= 4 is 12.1 Å². The van der Waals surface area contributed by atoms with Crippen LogP contribution in [0.5, 0.6) is 23.0 Å². The molecule has 7 nitrogen and oxygen atoms in total. The van der Waals surface area contributed by atoms with E-state index in [9.17, 15) is 4.79 Å². The Morgan fingerprint density at radius 1 is 0.966 bits per heavy atom. The maximum absolute atomic E-state index is 12.0. The largest absolute Gasteiger partial charge is 0.496 e. The molecule has 0 atom stereocenters. The molecule has 0 saturated carbocycles. The zero-order valence-corrected chi connectivity index (χ0v) is 17.7. The van der Waals surface area contributed by atoms with Crippen molar-refractivity contribution in [3.8, 4) is 23.0 Å². The van der Waals surface area contributed by atoms with E-state index in [0.717, 1.165) is 0 Å². The molecule has 1 amide bonds. The number of methoxy groups -OCH3 is 3. The molecule has 0 aliphatic rings. The summed E-state index contributed by atoms with van der Waals surface area (Å²) >= 11 is 0. The van der Waals surface area contributed by atoms with Crippen molar-refractivity contribution in [2.24, 2.45) is 5.10 Å². The Balaban J connectivity index is 1.96. The first-order valence-corrected chi connectivity index (χ1v) is 9.13. The SMILES string of the molecule is COc1cc(OC)c(/C=N\NC(=O)COc2ccc(C(C)(C)C)cc2)c(OC)c1. The zero-order chi connectivity index (χ0) is 21.4. The Hall–Kier alpha value is -3.22. The van der Waals surface area contributed by atoms with Gasteiger partial charge in [0.05, 0.1) is 33.1 Å². The molecular weight excluding hydrogens is 372 g/mol. The van der Waals surface area contributed by atoms with Gasteiger partial charge in [-0.2, -0.15) is 5.10 Å². The minimum absolute atomic E-state index is 0.0637. The molecule has 29 heavy (non-hydrogen) atoms. The summed E-state index contributed by atoms with van der Waals surface area (Å²) in [5, 5.41) is 3.97. The Bertz CT molecular complexity index is 829. The molecule has 0 aliphatic carbocycles. The minimum atomic E-state index is -0.382. The number of nitrogens with one attached hydrogen (secondary N) is 1. The van der Waals surface area contributed by atoms with E-state index in [0.29, 0.717) is 28.6 Å². The van der Waals surface area contributed by atoms with Crippen molar-refractivity contribution in [2.45, 2.75) is 26.2 Å². The van der Waals surface area contributed by atoms with Crippen LogP contribution >= 0.6 is 0 Å². The standard InChI is InChI=1S/C22H28N2O5/c1-22(2,3)15-7-9-16(10-8-15)29-14-21(25)24-23-13-18-19(27-5)11-17(26-4)12-20(18)28-6/h7-13H,14H2,1-6H3,(H,24,25)/b23-13-. The molecule has 156 valence electrons.